The van der Waals surface area contributed by atoms with Crippen molar-refractivity contribution >= 4 is 47.8 Å². The first kappa shape index (κ1) is 20.8. The van der Waals surface area contributed by atoms with Crippen LogP contribution in [0, 0.1) is 5.92 Å². The summed E-state index contributed by atoms with van der Waals surface area (Å²) in [6.07, 6.45) is 2.80. The number of hydrogen-bond acceptors (Lipinski definition) is 5. The van der Waals surface area contributed by atoms with Gasteiger partial charge < -0.3 is 19.5 Å². The summed E-state index contributed by atoms with van der Waals surface area (Å²) < 4.78 is 5.85. The van der Waals surface area contributed by atoms with Crippen LogP contribution in [0.1, 0.15) is 19.3 Å². The molecule has 2 aliphatic heterocycles. The lowest BCUT2D eigenvalue weighted by Gasteiger charge is -2.33. The summed E-state index contributed by atoms with van der Waals surface area (Å²) in [6.45, 7) is 5.30. The number of para-hydroxylation sites is 2. The Labute approximate surface area is 166 Å². The first-order valence-electron chi connectivity index (χ1n) is 8.91. The molecule has 0 spiro atoms. The highest BCUT2D eigenvalue weighted by atomic mass is 35.5. The number of nitrogens with zero attached hydrogens (tertiary/aromatic N) is 3. The summed E-state index contributed by atoms with van der Waals surface area (Å²) in [4.78, 5) is 21.5. The molecule has 26 heavy (non-hydrogen) atoms. The van der Waals surface area contributed by atoms with Crippen LogP contribution in [0.25, 0.3) is 11.1 Å². The number of amides is 1. The van der Waals surface area contributed by atoms with Gasteiger partial charge in [-0.05, 0) is 37.9 Å². The molecular weight excluding hydrogens is 375 g/mol. The lowest BCUT2D eigenvalue weighted by Crippen LogP contribution is -2.43. The van der Waals surface area contributed by atoms with Crippen LogP contribution in [-0.2, 0) is 4.79 Å². The highest BCUT2D eigenvalue weighted by molar-refractivity contribution is 5.85. The van der Waals surface area contributed by atoms with E-state index in [4.69, 9.17) is 4.42 Å². The van der Waals surface area contributed by atoms with Gasteiger partial charge in [0.2, 0.25) is 5.91 Å². The Hall–Kier alpha value is -1.50. The lowest BCUT2D eigenvalue weighted by atomic mass is 9.95. The normalized spacial score (nSPS) is 18.8. The van der Waals surface area contributed by atoms with Gasteiger partial charge in [-0.2, -0.15) is 4.98 Å². The van der Waals surface area contributed by atoms with Crippen molar-refractivity contribution in [3.63, 3.8) is 0 Å². The van der Waals surface area contributed by atoms with E-state index in [1.54, 1.807) is 0 Å². The number of carbonyl (C=O) groups excluding carboxylic acids is 1. The van der Waals surface area contributed by atoms with Gasteiger partial charge in [-0.3, -0.25) is 4.79 Å². The highest BCUT2D eigenvalue weighted by Gasteiger charge is 2.30. The fourth-order valence-corrected chi connectivity index (χ4v) is 3.64. The molecule has 1 aromatic carbocycles. The van der Waals surface area contributed by atoms with Crippen LogP contribution in [0.2, 0.25) is 0 Å². The predicted molar refractivity (Wildman–Crippen MR) is 108 cm³/mol. The van der Waals surface area contributed by atoms with E-state index in [0.717, 1.165) is 69.6 Å². The molecule has 0 saturated carbocycles. The number of piperidine rings is 1. The van der Waals surface area contributed by atoms with Gasteiger partial charge in [0.25, 0.3) is 6.01 Å². The largest absolute Gasteiger partial charge is 0.423 e. The summed E-state index contributed by atoms with van der Waals surface area (Å²) in [5.41, 5.74) is 1.71. The zero-order valence-electron chi connectivity index (χ0n) is 14.7. The first-order valence-corrected chi connectivity index (χ1v) is 8.91. The molecule has 6 nitrogen and oxygen atoms in total. The Bertz CT molecular complexity index is 675. The number of fused-ring (bicyclic) bond motifs is 1. The van der Waals surface area contributed by atoms with E-state index >= 15 is 0 Å². The summed E-state index contributed by atoms with van der Waals surface area (Å²) in [5, 5.41) is 3.35. The number of anilines is 1. The highest BCUT2D eigenvalue weighted by Crippen LogP contribution is 2.27. The molecule has 2 aromatic rings. The van der Waals surface area contributed by atoms with E-state index in [0.29, 0.717) is 11.9 Å². The second kappa shape index (κ2) is 9.44. The number of rotatable bonds is 2. The number of carbonyl (C=O) groups is 1. The smallest absolute Gasteiger partial charge is 0.298 e. The molecule has 0 radical (unpaired) electrons. The van der Waals surface area contributed by atoms with Gasteiger partial charge in [0.05, 0.1) is 0 Å². The first-order chi connectivity index (χ1) is 11.8. The second-order valence-corrected chi connectivity index (χ2v) is 6.65. The van der Waals surface area contributed by atoms with Gasteiger partial charge in [0, 0.05) is 38.6 Å². The Morgan fingerprint density at radius 3 is 2.62 bits per heavy atom. The maximum atomic E-state index is 12.7. The third-order valence-corrected chi connectivity index (χ3v) is 5.05. The zero-order valence-corrected chi connectivity index (χ0v) is 16.4. The topological polar surface area (TPSA) is 61.6 Å². The van der Waals surface area contributed by atoms with E-state index in [1.807, 2.05) is 29.2 Å². The number of nitrogens with one attached hydrogen (secondary N) is 1. The molecule has 1 amide bonds. The predicted octanol–water partition coefficient (Wildman–Crippen LogP) is 2.71. The SMILES string of the molecule is Cl.Cl.O=C(C1CCN(c2nc3ccccc3o2)CC1)N1CCCNCC1. The van der Waals surface area contributed by atoms with Crippen molar-refractivity contribution in [1.29, 1.82) is 0 Å². The number of aromatic nitrogens is 1. The van der Waals surface area contributed by atoms with Crippen molar-refractivity contribution < 1.29 is 9.21 Å². The summed E-state index contributed by atoms with van der Waals surface area (Å²) in [6, 6.07) is 8.51. The number of oxazole rings is 1. The molecule has 2 saturated heterocycles. The number of benzene rings is 1. The van der Waals surface area contributed by atoms with Gasteiger partial charge in [-0.15, -0.1) is 24.8 Å². The average Bonchev–Trinajstić information content (AvgIpc) is 2.87. The third-order valence-electron chi connectivity index (χ3n) is 5.05. The average molecular weight is 401 g/mol. The Morgan fingerprint density at radius 2 is 1.85 bits per heavy atom. The van der Waals surface area contributed by atoms with Crippen LogP contribution in [0.15, 0.2) is 28.7 Å². The van der Waals surface area contributed by atoms with Crippen LogP contribution in [-0.4, -0.2) is 55.1 Å². The minimum atomic E-state index is 0. The molecule has 2 aliphatic rings. The second-order valence-electron chi connectivity index (χ2n) is 6.65. The maximum absolute atomic E-state index is 12.7. The van der Waals surface area contributed by atoms with Crippen molar-refractivity contribution in [3.8, 4) is 0 Å². The van der Waals surface area contributed by atoms with E-state index in [2.05, 4.69) is 15.2 Å². The molecule has 3 heterocycles. The standard InChI is InChI=1S/C18H24N4O2.2ClH/c23-17(21-10-3-8-19-9-13-21)14-6-11-22(12-7-14)18-20-15-4-1-2-5-16(15)24-18;;/h1-2,4-5,14,19H,3,6-13H2;2*1H. The number of hydrogen-bond donors (Lipinski definition) is 1. The Kier molecular flexibility index (Phi) is 7.55. The summed E-state index contributed by atoms with van der Waals surface area (Å²) >= 11 is 0. The molecule has 0 atom stereocenters. The fourth-order valence-electron chi connectivity index (χ4n) is 3.64. The molecule has 4 rings (SSSR count). The molecule has 2 fully saturated rings. The van der Waals surface area contributed by atoms with Gasteiger partial charge in [0.1, 0.15) is 5.52 Å². The van der Waals surface area contributed by atoms with Gasteiger partial charge in [0.15, 0.2) is 5.58 Å². The molecule has 1 N–H and O–H groups in total. The van der Waals surface area contributed by atoms with Crippen molar-refractivity contribution in [2.75, 3.05) is 44.2 Å². The molecule has 0 unspecified atom stereocenters. The summed E-state index contributed by atoms with van der Waals surface area (Å²) in [5.74, 6) is 0.472. The molecular formula is C18H26Cl2N4O2. The van der Waals surface area contributed by atoms with Crippen molar-refractivity contribution in [2.24, 2.45) is 5.92 Å². The fraction of sp³-hybridized carbons (Fsp3) is 0.556. The Balaban J connectivity index is 0.00000121. The van der Waals surface area contributed by atoms with E-state index in [-0.39, 0.29) is 30.7 Å². The quantitative estimate of drug-likeness (QED) is 0.839. The van der Waals surface area contributed by atoms with Crippen LogP contribution in [0.5, 0.6) is 0 Å². The molecule has 8 heteroatoms. The van der Waals surface area contributed by atoms with Crippen LogP contribution < -0.4 is 10.2 Å². The third kappa shape index (κ3) is 4.42. The van der Waals surface area contributed by atoms with Gasteiger partial charge >= 0.3 is 0 Å². The van der Waals surface area contributed by atoms with Crippen molar-refractivity contribution in [3.05, 3.63) is 24.3 Å². The van der Waals surface area contributed by atoms with Crippen LogP contribution in [0.3, 0.4) is 0 Å². The monoisotopic (exact) mass is 400 g/mol. The summed E-state index contributed by atoms with van der Waals surface area (Å²) in [7, 11) is 0. The van der Waals surface area contributed by atoms with Crippen LogP contribution in [0.4, 0.5) is 6.01 Å². The van der Waals surface area contributed by atoms with Crippen molar-refractivity contribution in [2.45, 2.75) is 19.3 Å². The minimum Gasteiger partial charge on any atom is -0.423 e. The lowest BCUT2D eigenvalue weighted by molar-refractivity contribution is -0.136. The zero-order chi connectivity index (χ0) is 16.4. The van der Waals surface area contributed by atoms with E-state index < -0.39 is 0 Å². The molecule has 1 aromatic heterocycles. The minimum absolute atomic E-state index is 0. The maximum Gasteiger partial charge on any atom is 0.298 e. The van der Waals surface area contributed by atoms with E-state index in [1.165, 1.54) is 0 Å². The Morgan fingerprint density at radius 1 is 1.08 bits per heavy atom. The van der Waals surface area contributed by atoms with Crippen molar-refractivity contribution in [1.82, 2.24) is 15.2 Å². The van der Waals surface area contributed by atoms with Gasteiger partial charge in [-0.1, -0.05) is 12.1 Å². The molecule has 144 valence electrons. The molecule has 0 aliphatic carbocycles. The van der Waals surface area contributed by atoms with Crippen LogP contribution >= 0.6 is 24.8 Å². The van der Waals surface area contributed by atoms with Gasteiger partial charge in [-0.25, -0.2) is 0 Å². The number of halogens is 2. The van der Waals surface area contributed by atoms with E-state index in [9.17, 15) is 4.79 Å². The molecule has 0 bridgehead atoms.